The molecule has 0 radical (unpaired) electrons. The number of amides is 3. The lowest BCUT2D eigenvalue weighted by Crippen LogP contribution is -2.52. The smallest absolute Gasteiger partial charge is 0.255 e. The molecule has 9 heteroatoms. The number of aromatic nitrogens is 4. The van der Waals surface area contributed by atoms with Crippen molar-refractivity contribution in [1.82, 2.24) is 29.8 Å². The quantitative estimate of drug-likeness (QED) is 0.662. The summed E-state index contributed by atoms with van der Waals surface area (Å²) >= 11 is 0. The van der Waals surface area contributed by atoms with Crippen molar-refractivity contribution < 1.29 is 14.4 Å². The van der Waals surface area contributed by atoms with E-state index in [-0.39, 0.29) is 18.2 Å². The second-order valence-corrected chi connectivity index (χ2v) is 7.64. The van der Waals surface area contributed by atoms with Crippen molar-refractivity contribution in [1.29, 1.82) is 0 Å². The Labute approximate surface area is 172 Å². The molecule has 1 aromatic carbocycles. The summed E-state index contributed by atoms with van der Waals surface area (Å²) in [7, 11) is 3.76. The third-order valence-corrected chi connectivity index (χ3v) is 5.84. The Balaban J connectivity index is 1.50. The van der Waals surface area contributed by atoms with E-state index in [1.807, 2.05) is 32.3 Å². The number of carbonyl (C=O) groups is 3. The summed E-state index contributed by atoms with van der Waals surface area (Å²) in [4.78, 5) is 38.1. The summed E-state index contributed by atoms with van der Waals surface area (Å²) in [5.41, 5.74) is 5.20. The third-order valence-electron chi connectivity index (χ3n) is 5.84. The average molecular weight is 404 g/mol. The Morgan fingerprint density at radius 1 is 1.03 bits per heavy atom. The molecule has 1 fully saturated rings. The summed E-state index contributed by atoms with van der Waals surface area (Å²) in [6.07, 6.45) is 4.14. The first-order valence-corrected chi connectivity index (χ1v) is 9.72. The number of rotatable bonds is 3. The van der Waals surface area contributed by atoms with Crippen LogP contribution in [0.15, 0.2) is 36.7 Å². The van der Waals surface area contributed by atoms with Gasteiger partial charge in [-0.3, -0.25) is 29.1 Å². The molecule has 3 aromatic rings. The molecule has 3 amide bonds. The summed E-state index contributed by atoms with van der Waals surface area (Å²) in [6.45, 7) is 0.343. The van der Waals surface area contributed by atoms with Crippen molar-refractivity contribution in [2.24, 2.45) is 14.1 Å². The fourth-order valence-corrected chi connectivity index (χ4v) is 4.30. The van der Waals surface area contributed by atoms with E-state index in [4.69, 9.17) is 0 Å². The molecular weight excluding hydrogens is 384 g/mol. The summed E-state index contributed by atoms with van der Waals surface area (Å²) in [5, 5.41) is 11.0. The van der Waals surface area contributed by atoms with Gasteiger partial charge in [-0.25, -0.2) is 0 Å². The minimum atomic E-state index is -0.616. The summed E-state index contributed by atoms with van der Waals surface area (Å²) in [5.74, 6) is -0.871. The highest BCUT2D eigenvalue weighted by Gasteiger charge is 2.39. The molecule has 0 spiro atoms. The summed E-state index contributed by atoms with van der Waals surface area (Å²) < 4.78 is 3.60. The Bertz CT molecular complexity index is 1210. The second-order valence-electron chi connectivity index (χ2n) is 7.64. The number of fused-ring (bicyclic) bond motifs is 1. The SMILES string of the molecule is Cn1nccc1-c1c(-c2ccc3c(c2)CN([C@H]2CCC(=O)NC2=O)C3=O)cnn1C. The van der Waals surface area contributed by atoms with E-state index < -0.39 is 11.9 Å². The molecule has 0 unspecified atom stereocenters. The van der Waals surface area contributed by atoms with Crippen LogP contribution in [0.5, 0.6) is 0 Å². The number of imide groups is 1. The maximum absolute atomic E-state index is 12.9. The van der Waals surface area contributed by atoms with Crippen LogP contribution in [-0.4, -0.2) is 48.2 Å². The van der Waals surface area contributed by atoms with Crippen LogP contribution in [-0.2, 0) is 30.2 Å². The molecule has 9 nitrogen and oxygen atoms in total. The number of carbonyl (C=O) groups excluding carboxylic acids is 3. The van der Waals surface area contributed by atoms with Crippen molar-refractivity contribution in [2.75, 3.05) is 0 Å². The van der Waals surface area contributed by atoms with E-state index >= 15 is 0 Å². The Morgan fingerprint density at radius 2 is 1.87 bits per heavy atom. The van der Waals surface area contributed by atoms with E-state index in [1.54, 1.807) is 32.7 Å². The predicted molar refractivity (Wildman–Crippen MR) is 107 cm³/mol. The monoisotopic (exact) mass is 404 g/mol. The first kappa shape index (κ1) is 18.3. The summed E-state index contributed by atoms with van der Waals surface area (Å²) in [6, 6.07) is 7.01. The lowest BCUT2D eigenvalue weighted by molar-refractivity contribution is -0.136. The van der Waals surface area contributed by atoms with E-state index in [2.05, 4.69) is 15.5 Å². The lowest BCUT2D eigenvalue weighted by atomic mass is 10.00. The van der Waals surface area contributed by atoms with E-state index in [9.17, 15) is 14.4 Å². The Hall–Kier alpha value is -3.75. The van der Waals surface area contributed by atoms with Gasteiger partial charge in [-0.05, 0) is 35.7 Å². The minimum absolute atomic E-state index is 0.177. The van der Waals surface area contributed by atoms with Crippen LogP contribution in [0.3, 0.4) is 0 Å². The van der Waals surface area contributed by atoms with Gasteiger partial charge in [0.25, 0.3) is 5.91 Å². The van der Waals surface area contributed by atoms with Crippen LogP contribution in [0, 0.1) is 0 Å². The van der Waals surface area contributed by atoms with Crippen LogP contribution >= 0.6 is 0 Å². The number of hydrogen-bond acceptors (Lipinski definition) is 5. The first-order chi connectivity index (χ1) is 14.4. The standard InChI is InChI=1S/C21H20N6O3/c1-25-16(7-8-22-25)19-15(10-23-26(19)2)12-3-4-14-13(9-12)11-27(21(14)30)17-5-6-18(28)24-20(17)29/h3-4,7-10,17H,5-6,11H2,1-2H3,(H,24,28,29)/t17-/m0/s1. The fraction of sp³-hybridized carbons (Fsp3) is 0.286. The topological polar surface area (TPSA) is 102 Å². The van der Waals surface area contributed by atoms with Crippen molar-refractivity contribution >= 4 is 17.7 Å². The van der Waals surface area contributed by atoms with Gasteiger partial charge in [-0.2, -0.15) is 10.2 Å². The zero-order valence-electron chi connectivity index (χ0n) is 16.6. The maximum Gasteiger partial charge on any atom is 0.255 e. The molecule has 4 heterocycles. The molecule has 1 N–H and O–H groups in total. The lowest BCUT2D eigenvalue weighted by Gasteiger charge is -2.29. The minimum Gasteiger partial charge on any atom is -0.322 e. The number of hydrogen-bond donors (Lipinski definition) is 1. The molecule has 152 valence electrons. The van der Waals surface area contributed by atoms with Crippen LogP contribution in [0.25, 0.3) is 22.5 Å². The largest absolute Gasteiger partial charge is 0.322 e. The molecule has 1 saturated heterocycles. The van der Waals surface area contributed by atoms with Gasteiger partial charge in [0.1, 0.15) is 6.04 Å². The van der Waals surface area contributed by atoms with Gasteiger partial charge in [0.05, 0.1) is 17.6 Å². The zero-order chi connectivity index (χ0) is 21.0. The van der Waals surface area contributed by atoms with Crippen molar-refractivity contribution in [3.63, 3.8) is 0 Å². The normalized spacial score (nSPS) is 18.7. The van der Waals surface area contributed by atoms with Gasteiger partial charge in [-0.1, -0.05) is 6.07 Å². The Kier molecular flexibility index (Phi) is 4.05. The van der Waals surface area contributed by atoms with Crippen molar-refractivity contribution in [3.05, 3.63) is 47.8 Å². The van der Waals surface area contributed by atoms with Gasteiger partial charge in [0.15, 0.2) is 0 Å². The average Bonchev–Trinajstić information content (AvgIpc) is 3.39. The highest BCUT2D eigenvalue weighted by molar-refractivity contribution is 6.05. The molecule has 30 heavy (non-hydrogen) atoms. The Morgan fingerprint density at radius 3 is 2.60 bits per heavy atom. The molecule has 2 aliphatic heterocycles. The number of piperidine rings is 1. The molecule has 2 aliphatic rings. The zero-order valence-corrected chi connectivity index (χ0v) is 16.6. The van der Waals surface area contributed by atoms with E-state index in [0.29, 0.717) is 18.5 Å². The number of nitrogens with one attached hydrogen (secondary N) is 1. The van der Waals surface area contributed by atoms with Gasteiger partial charge in [0.2, 0.25) is 11.8 Å². The van der Waals surface area contributed by atoms with Crippen LogP contribution in [0.4, 0.5) is 0 Å². The van der Waals surface area contributed by atoms with Gasteiger partial charge in [0, 0.05) is 44.4 Å². The molecule has 5 rings (SSSR count). The molecule has 2 aromatic heterocycles. The first-order valence-electron chi connectivity index (χ1n) is 9.72. The van der Waals surface area contributed by atoms with E-state index in [1.165, 1.54) is 0 Å². The number of nitrogens with zero attached hydrogens (tertiary/aromatic N) is 5. The van der Waals surface area contributed by atoms with Crippen LogP contribution < -0.4 is 5.32 Å². The predicted octanol–water partition coefficient (Wildman–Crippen LogP) is 1.25. The maximum atomic E-state index is 12.9. The molecule has 0 saturated carbocycles. The van der Waals surface area contributed by atoms with Crippen molar-refractivity contribution in [2.45, 2.75) is 25.4 Å². The van der Waals surface area contributed by atoms with Gasteiger partial charge in [-0.15, -0.1) is 0 Å². The fourth-order valence-electron chi connectivity index (χ4n) is 4.30. The van der Waals surface area contributed by atoms with E-state index in [0.717, 1.165) is 28.1 Å². The number of benzene rings is 1. The molecule has 0 bridgehead atoms. The second kappa shape index (κ2) is 6.65. The third kappa shape index (κ3) is 2.73. The molecule has 1 atom stereocenters. The number of aryl methyl sites for hydroxylation is 2. The van der Waals surface area contributed by atoms with Crippen molar-refractivity contribution in [3.8, 4) is 22.5 Å². The van der Waals surface area contributed by atoms with Crippen LogP contribution in [0.2, 0.25) is 0 Å². The molecule has 0 aliphatic carbocycles. The van der Waals surface area contributed by atoms with Gasteiger partial charge >= 0.3 is 0 Å². The van der Waals surface area contributed by atoms with Crippen LogP contribution in [0.1, 0.15) is 28.8 Å². The highest BCUT2D eigenvalue weighted by Crippen LogP contribution is 2.35. The molecular formula is C21H20N6O3. The van der Waals surface area contributed by atoms with Gasteiger partial charge < -0.3 is 4.90 Å². The highest BCUT2D eigenvalue weighted by atomic mass is 16.2.